The van der Waals surface area contributed by atoms with Crippen LogP contribution in [0.15, 0.2) is 34.1 Å². The van der Waals surface area contributed by atoms with Gasteiger partial charge in [0, 0.05) is 36.6 Å². The highest BCUT2D eigenvalue weighted by molar-refractivity contribution is 7.88. The lowest BCUT2D eigenvalue weighted by Gasteiger charge is -2.12. The number of nitrogens with one attached hydrogen (secondary N) is 1. The van der Waals surface area contributed by atoms with Crippen LogP contribution in [0.3, 0.4) is 0 Å². The molecule has 2 N–H and O–H groups in total. The largest absolute Gasteiger partial charge is 0.494 e. The zero-order valence-electron chi connectivity index (χ0n) is 13.3. The van der Waals surface area contributed by atoms with Gasteiger partial charge in [0.05, 0.1) is 11.8 Å². The van der Waals surface area contributed by atoms with Gasteiger partial charge in [-0.1, -0.05) is 18.2 Å². The van der Waals surface area contributed by atoms with E-state index < -0.39 is 10.0 Å². The molecule has 7 nitrogen and oxygen atoms in total. The van der Waals surface area contributed by atoms with Gasteiger partial charge in [-0.15, -0.1) is 0 Å². The molecule has 1 unspecified atom stereocenters. The van der Waals surface area contributed by atoms with Crippen molar-refractivity contribution in [2.45, 2.75) is 6.42 Å². The fourth-order valence-electron chi connectivity index (χ4n) is 2.96. The predicted molar refractivity (Wildman–Crippen MR) is 93.2 cm³/mol. The second kappa shape index (κ2) is 6.37. The zero-order valence-corrected chi connectivity index (χ0v) is 14.1. The molecule has 2 heterocycles. The first-order valence-electron chi connectivity index (χ1n) is 7.65. The van der Waals surface area contributed by atoms with Crippen LogP contribution in [0.1, 0.15) is 12.0 Å². The summed E-state index contributed by atoms with van der Waals surface area (Å²) in [5, 5.41) is 11.1. The van der Waals surface area contributed by atoms with Crippen molar-refractivity contribution >= 4 is 27.0 Å². The fourth-order valence-corrected chi connectivity index (χ4v) is 3.88. The number of rotatable bonds is 4. The summed E-state index contributed by atoms with van der Waals surface area (Å²) in [4.78, 5) is 18.6. The van der Waals surface area contributed by atoms with Gasteiger partial charge in [0.1, 0.15) is 0 Å². The molecule has 1 fully saturated rings. The summed E-state index contributed by atoms with van der Waals surface area (Å²) in [6, 6.07) is 6.99. The van der Waals surface area contributed by atoms with Gasteiger partial charge in [0.15, 0.2) is 0 Å². The van der Waals surface area contributed by atoms with Crippen molar-refractivity contribution in [1.29, 1.82) is 0 Å². The molecular formula is C16H19N3O4S. The number of hydrogen-bond acceptors (Lipinski definition) is 5. The number of fused-ring (bicyclic) bond motifs is 1. The Hall–Kier alpha value is -2.19. The lowest BCUT2D eigenvalue weighted by atomic mass is 10.1. The molecule has 0 amide bonds. The number of H-pyrrole nitrogens is 1. The molecule has 0 spiro atoms. The van der Waals surface area contributed by atoms with E-state index in [1.807, 2.05) is 0 Å². The van der Waals surface area contributed by atoms with Crippen molar-refractivity contribution in [1.82, 2.24) is 9.29 Å². The van der Waals surface area contributed by atoms with Crippen LogP contribution in [-0.2, 0) is 10.0 Å². The molecule has 1 aromatic carbocycles. The summed E-state index contributed by atoms with van der Waals surface area (Å²) in [5.41, 5.74) is 0.114. The normalized spacial score (nSPS) is 19.5. The Bertz CT molecular complexity index is 949. The number of aromatic nitrogens is 1. The van der Waals surface area contributed by atoms with Gasteiger partial charge in [-0.2, -0.15) is 0 Å². The second-order valence-corrected chi connectivity index (χ2v) is 8.01. The van der Waals surface area contributed by atoms with Gasteiger partial charge in [-0.3, -0.25) is 14.8 Å². The molecule has 128 valence electrons. The van der Waals surface area contributed by atoms with E-state index in [0.29, 0.717) is 36.0 Å². The molecule has 1 aromatic heterocycles. The van der Waals surface area contributed by atoms with Crippen LogP contribution in [0, 0.1) is 5.92 Å². The number of aliphatic imine (C=N–C) groups is 1. The third kappa shape index (κ3) is 3.34. The van der Waals surface area contributed by atoms with Gasteiger partial charge in [0.2, 0.25) is 15.9 Å². The van der Waals surface area contributed by atoms with E-state index in [1.165, 1.54) is 16.8 Å². The number of pyridine rings is 1. The highest BCUT2D eigenvalue weighted by Gasteiger charge is 2.28. The van der Waals surface area contributed by atoms with Gasteiger partial charge in [-0.05, 0) is 18.4 Å². The second-order valence-electron chi connectivity index (χ2n) is 6.03. The summed E-state index contributed by atoms with van der Waals surface area (Å²) in [6.45, 7) is 1.46. The van der Waals surface area contributed by atoms with Crippen molar-refractivity contribution < 1.29 is 13.5 Å². The van der Waals surface area contributed by atoms with Crippen LogP contribution in [0.5, 0.6) is 5.88 Å². The molecule has 1 atom stereocenters. The van der Waals surface area contributed by atoms with Crippen molar-refractivity contribution in [3.05, 3.63) is 40.2 Å². The minimum Gasteiger partial charge on any atom is -0.494 e. The predicted octanol–water partition coefficient (Wildman–Crippen LogP) is 0.934. The minimum atomic E-state index is -3.15. The van der Waals surface area contributed by atoms with Crippen molar-refractivity contribution in [3.8, 4) is 5.88 Å². The molecule has 0 bridgehead atoms. The average molecular weight is 349 g/mol. The van der Waals surface area contributed by atoms with Gasteiger partial charge < -0.3 is 5.11 Å². The van der Waals surface area contributed by atoms with Crippen LogP contribution in [-0.4, -0.2) is 54.9 Å². The number of benzene rings is 1. The summed E-state index contributed by atoms with van der Waals surface area (Å²) < 4.78 is 24.5. The van der Waals surface area contributed by atoms with Crippen LogP contribution >= 0.6 is 0 Å². The van der Waals surface area contributed by atoms with E-state index in [1.54, 1.807) is 24.3 Å². The molecule has 1 saturated heterocycles. The summed E-state index contributed by atoms with van der Waals surface area (Å²) >= 11 is 0. The molecule has 2 aromatic rings. The first-order chi connectivity index (χ1) is 11.4. The summed E-state index contributed by atoms with van der Waals surface area (Å²) in [6.07, 6.45) is 3.52. The van der Waals surface area contributed by atoms with Gasteiger partial charge >= 0.3 is 0 Å². The SMILES string of the molecule is CS(=O)(=O)N1CCC(CN=Cc2c(O)[nH]c(=O)c3ccccc23)C1. The third-order valence-electron chi connectivity index (χ3n) is 4.25. The molecule has 3 rings (SSSR count). The molecule has 0 aliphatic carbocycles. The van der Waals surface area contributed by atoms with Gasteiger partial charge in [-0.25, -0.2) is 12.7 Å². The Morgan fingerprint density at radius 3 is 2.75 bits per heavy atom. The maximum atomic E-state index is 11.8. The monoisotopic (exact) mass is 349 g/mol. The number of aromatic amines is 1. The Balaban J connectivity index is 1.79. The Labute approximate surface area is 139 Å². The van der Waals surface area contributed by atoms with E-state index in [2.05, 4.69) is 9.98 Å². The van der Waals surface area contributed by atoms with E-state index in [4.69, 9.17) is 0 Å². The molecule has 24 heavy (non-hydrogen) atoms. The third-order valence-corrected chi connectivity index (χ3v) is 5.52. The zero-order chi connectivity index (χ0) is 17.3. The maximum absolute atomic E-state index is 11.8. The minimum absolute atomic E-state index is 0.159. The Kier molecular flexibility index (Phi) is 4.42. The summed E-state index contributed by atoms with van der Waals surface area (Å²) in [5.74, 6) is -0.0567. The molecular weight excluding hydrogens is 330 g/mol. The first-order valence-corrected chi connectivity index (χ1v) is 9.50. The van der Waals surface area contributed by atoms with Crippen LogP contribution in [0.2, 0.25) is 0 Å². The van der Waals surface area contributed by atoms with Crippen LogP contribution in [0.4, 0.5) is 0 Å². The smallest absolute Gasteiger partial charge is 0.258 e. The quantitative estimate of drug-likeness (QED) is 0.802. The lowest BCUT2D eigenvalue weighted by Crippen LogP contribution is -2.27. The fraction of sp³-hybridized carbons (Fsp3) is 0.375. The van der Waals surface area contributed by atoms with Crippen LogP contribution in [0.25, 0.3) is 10.8 Å². The lowest BCUT2D eigenvalue weighted by molar-refractivity contribution is 0.452. The standard InChI is InChI=1S/C16H19N3O4S/c1-24(22,23)19-7-6-11(10-19)8-17-9-14-12-4-2-3-5-13(12)15(20)18-16(14)21/h2-5,9,11H,6-8,10H2,1H3,(H2,18,20,21). The Morgan fingerprint density at radius 1 is 1.38 bits per heavy atom. The van der Waals surface area contributed by atoms with E-state index in [0.717, 1.165) is 6.42 Å². The van der Waals surface area contributed by atoms with E-state index >= 15 is 0 Å². The van der Waals surface area contributed by atoms with Crippen LogP contribution < -0.4 is 5.56 Å². The highest BCUT2D eigenvalue weighted by atomic mass is 32.2. The molecule has 1 aliphatic heterocycles. The maximum Gasteiger partial charge on any atom is 0.258 e. The molecule has 8 heteroatoms. The topological polar surface area (TPSA) is 103 Å². The number of aromatic hydroxyl groups is 1. The summed E-state index contributed by atoms with van der Waals surface area (Å²) in [7, 11) is -3.15. The van der Waals surface area contributed by atoms with Crippen molar-refractivity contribution in [3.63, 3.8) is 0 Å². The average Bonchev–Trinajstić information content (AvgIpc) is 3.00. The molecule has 1 aliphatic rings. The van der Waals surface area contributed by atoms with Crippen molar-refractivity contribution in [2.24, 2.45) is 10.9 Å². The first kappa shape index (κ1) is 16.7. The molecule has 0 saturated carbocycles. The highest BCUT2D eigenvalue weighted by Crippen LogP contribution is 2.21. The van der Waals surface area contributed by atoms with E-state index in [-0.39, 0.29) is 17.4 Å². The van der Waals surface area contributed by atoms with E-state index in [9.17, 15) is 18.3 Å². The number of sulfonamides is 1. The Morgan fingerprint density at radius 2 is 2.08 bits per heavy atom. The number of hydrogen-bond donors (Lipinski definition) is 2. The van der Waals surface area contributed by atoms with Crippen molar-refractivity contribution in [2.75, 3.05) is 25.9 Å². The number of nitrogens with zero attached hydrogens (tertiary/aromatic N) is 2. The van der Waals surface area contributed by atoms with Gasteiger partial charge in [0.25, 0.3) is 5.56 Å². The molecule has 0 radical (unpaired) electrons.